The number of nitro benzene ring substituents is 1. The number of benzene rings is 3. The molecule has 9 heteroatoms. The molecule has 0 fully saturated rings. The fourth-order valence-electron chi connectivity index (χ4n) is 3.16. The molecule has 168 valence electrons. The van der Waals surface area contributed by atoms with Crippen LogP contribution in [0.1, 0.15) is 16.7 Å². The molecule has 0 N–H and O–H groups in total. The van der Waals surface area contributed by atoms with Crippen molar-refractivity contribution in [2.75, 3.05) is 14.2 Å². The highest BCUT2D eigenvalue weighted by atomic mass is 32.2. The summed E-state index contributed by atoms with van der Waals surface area (Å²) in [7, 11) is -0.997. The van der Waals surface area contributed by atoms with Crippen LogP contribution >= 0.6 is 0 Å². The molecule has 0 aliphatic rings. The second kappa shape index (κ2) is 9.80. The fraction of sp³-hybridized carbons (Fsp3) is 0.217. The minimum atomic E-state index is -3.94. The van der Waals surface area contributed by atoms with E-state index in [1.807, 2.05) is 30.3 Å². The van der Waals surface area contributed by atoms with E-state index >= 15 is 0 Å². The van der Waals surface area contributed by atoms with Gasteiger partial charge in [-0.15, -0.1) is 0 Å². The highest BCUT2D eigenvalue weighted by Gasteiger charge is 2.25. The van der Waals surface area contributed by atoms with Crippen LogP contribution in [0.2, 0.25) is 0 Å². The molecular formula is C23H24N2O6S. The fourth-order valence-corrected chi connectivity index (χ4v) is 4.55. The Kier molecular flexibility index (Phi) is 7.12. The summed E-state index contributed by atoms with van der Waals surface area (Å²) in [6, 6.07) is 18.7. The molecule has 0 unspecified atom stereocenters. The molecule has 0 heterocycles. The summed E-state index contributed by atoms with van der Waals surface area (Å²) in [5, 5.41) is 11.1. The Balaban J connectivity index is 1.79. The van der Waals surface area contributed by atoms with E-state index in [4.69, 9.17) is 9.47 Å². The molecule has 8 nitrogen and oxygen atoms in total. The summed E-state index contributed by atoms with van der Waals surface area (Å²) in [6.45, 7) is 2.03. The molecule has 0 aliphatic carbocycles. The van der Waals surface area contributed by atoms with Crippen LogP contribution in [0, 0.1) is 17.0 Å². The van der Waals surface area contributed by atoms with E-state index in [2.05, 4.69) is 0 Å². The maximum Gasteiger partial charge on any atom is 0.270 e. The van der Waals surface area contributed by atoms with E-state index in [-0.39, 0.29) is 17.1 Å². The molecule has 0 spiro atoms. The SMILES string of the molecule is COc1cc(CN(C)S(=O)(=O)c2cc([N+](=O)[O-])ccc2C)ccc1OCc1ccccc1. The van der Waals surface area contributed by atoms with Crippen LogP contribution in [0.5, 0.6) is 11.5 Å². The highest BCUT2D eigenvalue weighted by molar-refractivity contribution is 7.89. The van der Waals surface area contributed by atoms with Gasteiger partial charge in [-0.2, -0.15) is 4.31 Å². The van der Waals surface area contributed by atoms with Gasteiger partial charge in [0.2, 0.25) is 10.0 Å². The van der Waals surface area contributed by atoms with Gasteiger partial charge in [-0.1, -0.05) is 42.5 Å². The van der Waals surface area contributed by atoms with Crippen molar-refractivity contribution in [2.24, 2.45) is 0 Å². The number of methoxy groups -OCH3 is 1. The second-order valence-corrected chi connectivity index (χ2v) is 9.24. The van der Waals surface area contributed by atoms with Gasteiger partial charge in [0.25, 0.3) is 5.69 Å². The van der Waals surface area contributed by atoms with Gasteiger partial charge in [0, 0.05) is 25.7 Å². The van der Waals surface area contributed by atoms with Crippen LogP contribution in [-0.4, -0.2) is 31.8 Å². The third-order valence-corrected chi connectivity index (χ3v) is 6.89. The lowest BCUT2D eigenvalue weighted by molar-refractivity contribution is -0.385. The van der Waals surface area contributed by atoms with Crippen molar-refractivity contribution in [3.05, 3.63) is 93.5 Å². The van der Waals surface area contributed by atoms with Crippen molar-refractivity contribution in [2.45, 2.75) is 25.0 Å². The Morgan fingerprint density at radius 1 is 0.969 bits per heavy atom. The monoisotopic (exact) mass is 456 g/mol. The van der Waals surface area contributed by atoms with Crippen molar-refractivity contribution in [1.82, 2.24) is 4.31 Å². The molecule has 0 saturated carbocycles. The topological polar surface area (TPSA) is 99.0 Å². The molecule has 32 heavy (non-hydrogen) atoms. The van der Waals surface area contributed by atoms with Crippen molar-refractivity contribution in [1.29, 1.82) is 0 Å². The van der Waals surface area contributed by atoms with E-state index in [0.29, 0.717) is 29.2 Å². The van der Waals surface area contributed by atoms with Crippen LogP contribution in [0.25, 0.3) is 0 Å². The molecule has 0 amide bonds. The maximum absolute atomic E-state index is 13.1. The lowest BCUT2D eigenvalue weighted by Gasteiger charge is -2.19. The van der Waals surface area contributed by atoms with Gasteiger partial charge in [-0.25, -0.2) is 8.42 Å². The quantitative estimate of drug-likeness (QED) is 0.351. The normalized spacial score (nSPS) is 11.4. The number of ether oxygens (including phenoxy) is 2. The molecule has 3 aromatic rings. The lowest BCUT2D eigenvalue weighted by Crippen LogP contribution is -2.27. The van der Waals surface area contributed by atoms with Gasteiger partial charge in [0.05, 0.1) is 16.9 Å². The Morgan fingerprint density at radius 3 is 2.34 bits per heavy atom. The zero-order valence-electron chi connectivity index (χ0n) is 18.0. The van der Waals surface area contributed by atoms with Gasteiger partial charge >= 0.3 is 0 Å². The van der Waals surface area contributed by atoms with Gasteiger partial charge in [0.1, 0.15) is 6.61 Å². The van der Waals surface area contributed by atoms with Crippen LogP contribution in [0.15, 0.2) is 71.6 Å². The number of nitro groups is 1. The molecule has 0 aliphatic heterocycles. The lowest BCUT2D eigenvalue weighted by atomic mass is 10.2. The number of hydrogen-bond acceptors (Lipinski definition) is 6. The number of nitrogens with zero attached hydrogens (tertiary/aromatic N) is 2. The average molecular weight is 457 g/mol. The largest absolute Gasteiger partial charge is 0.493 e. The second-order valence-electron chi connectivity index (χ2n) is 7.23. The predicted molar refractivity (Wildman–Crippen MR) is 120 cm³/mol. The van der Waals surface area contributed by atoms with Crippen molar-refractivity contribution >= 4 is 15.7 Å². The Labute approximate surface area is 187 Å². The first-order valence-corrected chi connectivity index (χ1v) is 11.2. The van der Waals surface area contributed by atoms with Gasteiger partial charge in [0.15, 0.2) is 11.5 Å². The van der Waals surface area contributed by atoms with E-state index in [1.54, 1.807) is 25.1 Å². The zero-order chi connectivity index (χ0) is 23.3. The van der Waals surface area contributed by atoms with Crippen LogP contribution in [0.3, 0.4) is 0 Å². The van der Waals surface area contributed by atoms with Gasteiger partial charge in [-0.05, 0) is 35.7 Å². The summed E-state index contributed by atoms with van der Waals surface area (Å²) in [4.78, 5) is 10.4. The molecule has 0 saturated heterocycles. The standard InChI is InChI=1S/C23H24N2O6S/c1-17-9-11-20(25(26)27)14-23(17)32(28,29)24(2)15-19-10-12-21(22(13-19)30-3)31-16-18-7-5-4-6-8-18/h4-14H,15-16H2,1-3H3. The van der Waals surface area contributed by atoms with Gasteiger partial charge < -0.3 is 9.47 Å². The molecule has 0 aromatic heterocycles. The third-order valence-electron chi connectivity index (χ3n) is 4.94. The molecule has 0 radical (unpaired) electrons. The molecule has 0 bridgehead atoms. The third kappa shape index (κ3) is 5.24. The smallest absolute Gasteiger partial charge is 0.270 e. The first-order valence-electron chi connectivity index (χ1n) is 9.77. The summed E-state index contributed by atoms with van der Waals surface area (Å²) >= 11 is 0. The predicted octanol–water partition coefficient (Wildman–Crippen LogP) is 4.31. The molecular weight excluding hydrogens is 432 g/mol. The Hall–Kier alpha value is -3.43. The van der Waals surface area contributed by atoms with Crippen LogP contribution < -0.4 is 9.47 Å². The summed E-state index contributed by atoms with van der Waals surface area (Å²) in [6.07, 6.45) is 0. The van der Waals surface area contributed by atoms with Crippen molar-refractivity contribution in [3.8, 4) is 11.5 Å². The van der Waals surface area contributed by atoms with E-state index in [0.717, 1.165) is 15.9 Å². The summed E-state index contributed by atoms with van der Waals surface area (Å²) < 4.78 is 38.5. The van der Waals surface area contributed by atoms with Crippen LogP contribution in [-0.2, 0) is 23.2 Å². The van der Waals surface area contributed by atoms with Gasteiger partial charge in [-0.3, -0.25) is 10.1 Å². The maximum atomic E-state index is 13.1. The van der Waals surface area contributed by atoms with E-state index in [1.165, 1.54) is 26.3 Å². The summed E-state index contributed by atoms with van der Waals surface area (Å²) in [5.41, 5.74) is 1.86. The average Bonchev–Trinajstić information content (AvgIpc) is 2.78. The number of aryl methyl sites for hydroxylation is 1. The first-order chi connectivity index (χ1) is 15.2. The van der Waals surface area contributed by atoms with E-state index in [9.17, 15) is 18.5 Å². The highest BCUT2D eigenvalue weighted by Crippen LogP contribution is 2.30. The number of hydrogen-bond donors (Lipinski definition) is 0. The number of rotatable bonds is 9. The van der Waals surface area contributed by atoms with Crippen molar-refractivity contribution < 1.29 is 22.8 Å². The summed E-state index contributed by atoms with van der Waals surface area (Å²) in [5.74, 6) is 1.02. The zero-order valence-corrected chi connectivity index (χ0v) is 18.8. The molecule has 3 rings (SSSR count). The minimum Gasteiger partial charge on any atom is -0.493 e. The number of non-ortho nitro benzene ring substituents is 1. The minimum absolute atomic E-state index is 0.0553. The molecule has 0 atom stereocenters. The van der Waals surface area contributed by atoms with Crippen LogP contribution in [0.4, 0.5) is 5.69 Å². The Bertz CT molecular complexity index is 1210. The molecule has 3 aromatic carbocycles. The van der Waals surface area contributed by atoms with Crippen molar-refractivity contribution in [3.63, 3.8) is 0 Å². The first kappa shape index (κ1) is 23.2. The van der Waals surface area contributed by atoms with E-state index < -0.39 is 14.9 Å². The Morgan fingerprint density at radius 2 is 1.69 bits per heavy atom. The number of sulfonamides is 1.